The average molecular weight is 408 g/mol. The fraction of sp³-hybridized carbons (Fsp3) is 0.304. The summed E-state index contributed by atoms with van der Waals surface area (Å²) in [4.78, 5) is 19.1. The molecule has 0 spiro atoms. The number of hydrogen-bond donors (Lipinski definition) is 2. The van der Waals surface area contributed by atoms with Crippen LogP contribution in [-0.4, -0.2) is 54.8 Å². The van der Waals surface area contributed by atoms with E-state index in [1.165, 1.54) is 0 Å². The maximum atomic E-state index is 12.8. The molecule has 1 heterocycles. The lowest BCUT2D eigenvalue weighted by atomic mass is 10.2. The monoisotopic (exact) mass is 407 g/mol. The number of para-hydroxylation sites is 1. The van der Waals surface area contributed by atoms with E-state index >= 15 is 0 Å². The van der Waals surface area contributed by atoms with Gasteiger partial charge >= 0.3 is 0 Å². The molecular formula is C23H29N5O2. The number of nitrogens with one attached hydrogen (secondary N) is 2. The number of nitrogens with zero attached hydrogens (tertiary/aromatic N) is 3. The quantitative estimate of drug-likeness (QED) is 0.476. The van der Waals surface area contributed by atoms with E-state index in [1.54, 1.807) is 17.0 Å². The Bertz CT molecular complexity index is 955. The smallest absolute Gasteiger partial charge is 0.297 e. The first-order chi connectivity index (χ1) is 14.6. The van der Waals surface area contributed by atoms with E-state index in [9.17, 15) is 4.79 Å². The second-order valence-electron chi connectivity index (χ2n) is 7.17. The summed E-state index contributed by atoms with van der Waals surface area (Å²) in [6, 6.07) is 17.4. The number of aromatic nitrogens is 2. The van der Waals surface area contributed by atoms with Crippen LogP contribution in [-0.2, 0) is 0 Å². The van der Waals surface area contributed by atoms with Gasteiger partial charge in [0.25, 0.3) is 5.56 Å². The number of rotatable bonds is 11. The standard InChI is InChI=1S/C23H29N5O2/c1-27(2)16-6-13-24-19-9-11-20(12-10-19)28-17-14-25-22(23(28)29)26-15-18-30-21-7-4-3-5-8-21/h3-5,7-12,14,17,24H,6,13,15-16,18H2,1-2H3,(H,25,26). The lowest BCUT2D eigenvalue weighted by molar-refractivity contribution is 0.332. The summed E-state index contributed by atoms with van der Waals surface area (Å²) >= 11 is 0. The minimum Gasteiger partial charge on any atom is -0.492 e. The van der Waals surface area contributed by atoms with E-state index in [0.717, 1.165) is 36.6 Å². The summed E-state index contributed by atoms with van der Waals surface area (Å²) in [5.74, 6) is 1.10. The van der Waals surface area contributed by atoms with Crippen molar-refractivity contribution < 1.29 is 4.74 Å². The number of benzene rings is 2. The highest BCUT2D eigenvalue weighted by atomic mass is 16.5. The van der Waals surface area contributed by atoms with Crippen molar-refractivity contribution in [2.45, 2.75) is 6.42 Å². The molecule has 3 rings (SSSR count). The van der Waals surface area contributed by atoms with Crippen molar-refractivity contribution in [2.75, 3.05) is 51.0 Å². The lowest BCUT2D eigenvalue weighted by Gasteiger charge is -2.12. The van der Waals surface area contributed by atoms with Crippen LogP contribution < -0.4 is 20.9 Å². The fourth-order valence-corrected chi connectivity index (χ4v) is 2.96. The normalized spacial score (nSPS) is 10.8. The summed E-state index contributed by atoms with van der Waals surface area (Å²) in [6.45, 7) is 2.88. The molecule has 2 aromatic carbocycles. The van der Waals surface area contributed by atoms with Gasteiger partial charge in [0.05, 0.1) is 6.54 Å². The van der Waals surface area contributed by atoms with E-state index in [1.807, 2.05) is 54.6 Å². The van der Waals surface area contributed by atoms with Crippen LogP contribution in [0.4, 0.5) is 11.5 Å². The summed E-state index contributed by atoms with van der Waals surface area (Å²) in [5, 5.41) is 6.46. The molecule has 0 aliphatic carbocycles. The molecule has 7 heteroatoms. The van der Waals surface area contributed by atoms with Gasteiger partial charge in [-0.3, -0.25) is 9.36 Å². The summed E-state index contributed by atoms with van der Waals surface area (Å²) in [7, 11) is 4.14. The van der Waals surface area contributed by atoms with Gasteiger partial charge in [0.15, 0.2) is 5.82 Å². The number of hydrogen-bond acceptors (Lipinski definition) is 6. The Kier molecular flexibility index (Phi) is 7.86. The third-order valence-electron chi connectivity index (χ3n) is 4.50. The number of anilines is 2. The van der Waals surface area contributed by atoms with Crippen LogP contribution in [0.5, 0.6) is 5.75 Å². The van der Waals surface area contributed by atoms with Crippen molar-refractivity contribution >= 4 is 11.5 Å². The van der Waals surface area contributed by atoms with E-state index < -0.39 is 0 Å². The first-order valence-corrected chi connectivity index (χ1v) is 10.1. The SMILES string of the molecule is CN(C)CCCNc1ccc(-n2ccnc(NCCOc3ccccc3)c2=O)cc1. The molecule has 158 valence electrons. The summed E-state index contributed by atoms with van der Waals surface area (Å²) in [6.07, 6.45) is 4.37. The predicted octanol–water partition coefficient (Wildman–Crippen LogP) is 3.09. The second kappa shape index (κ2) is 11.0. The first-order valence-electron chi connectivity index (χ1n) is 10.1. The van der Waals surface area contributed by atoms with Crippen LogP contribution in [0.2, 0.25) is 0 Å². The van der Waals surface area contributed by atoms with E-state index in [4.69, 9.17) is 4.74 Å². The van der Waals surface area contributed by atoms with Crippen LogP contribution in [0, 0.1) is 0 Å². The molecule has 0 aliphatic heterocycles. The topological polar surface area (TPSA) is 71.4 Å². The van der Waals surface area contributed by atoms with Gasteiger partial charge in [0, 0.05) is 30.3 Å². The van der Waals surface area contributed by atoms with E-state index in [-0.39, 0.29) is 5.56 Å². The Hall–Kier alpha value is -3.32. The molecule has 2 N–H and O–H groups in total. The van der Waals surface area contributed by atoms with E-state index in [2.05, 4.69) is 34.6 Å². The Balaban J connectivity index is 1.55. The third-order valence-corrected chi connectivity index (χ3v) is 4.50. The van der Waals surface area contributed by atoms with Crippen molar-refractivity contribution in [1.29, 1.82) is 0 Å². The van der Waals surface area contributed by atoms with Crippen molar-refractivity contribution in [3.8, 4) is 11.4 Å². The zero-order valence-corrected chi connectivity index (χ0v) is 17.5. The van der Waals surface area contributed by atoms with Crippen LogP contribution in [0.3, 0.4) is 0 Å². The van der Waals surface area contributed by atoms with Crippen LogP contribution >= 0.6 is 0 Å². The Labute approximate surface area is 177 Å². The van der Waals surface area contributed by atoms with Gasteiger partial charge in [0.1, 0.15) is 12.4 Å². The Morgan fingerprint density at radius 1 is 1.00 bits per heavy atom. The minimum absolute atomic E-state index is 0.191. The molecule has 0 bridgehead atoms. The van der Waals surface area contributed by atoms with Gasteiger partial charge < -0.3 is 20.3 Å². The van der Waals surface area contributed by atoms with Gasteiger partial charge in [-0.15, -0.1) is 0 Å². The predicted molar refractivity (Wildman–Crippen MR) is 122 cm³/mol. The van der Waals surface area contributed by atoms with Gasteiger partial charge in [-0.2, -0.15) is 0 Å². The zero-order chi connectivity index (χ0) is 21.2. The Morgan fingerprint density at radius 2 is 1.77 bits per heavy atom. The third kappa shape index (κ3) is 6.35. The molecule has 0 radical (unpaired) electrons. The van der Waals surface area contributed by atoms with Crippen LogP contribution in [0.15, 0.2) is 71.8 Å². The molecule has 0 saturated carbocycles. The molecule has 1 aromatic heterocycles. The lowest BCUT2D eigenvalue weighted by Crippen LogP contribution is -2.25. The zero-order valence-electron chi connectivity index (χ0n) is 17.5. The molecule has 0 unspecified atom stereocenters. The summed E-state index contributed by atoms with van der Waals surface area (Å²) in [5.41, 5.74) is 1.64. The van der Waals surface area contributed by atoms with E-state index in [0.29, 0.717) is 19.0 Å². The first kappa shape index (κ1) is 21.4. The molecule has 30 heavy (non-hydrogen) atoms. The average Bonchev–Trinajstić information content (AvgIpc) is 2.76. The molecule has 7 nitrogen and oxygen atoms in total. The molecule has 0 atom stereocenters. The molecule has 0 aliphatic rings. The highest BCUT2D eigenvalue weighted by Gasteiger charge is 2.06. The minimum atomic E-state index is -0.191. The van der Waals surface area contributed by atoms with Crippen molar-refractivity contribution in [3.63, 3.8) is 0 Å². The summed E-state index contributed by atoms with van der Waals surface area (Å²) < 4.78 is 7.23. The maximum Gasteiger partial charge on any atom is 0.297 e. The fourth-order valence-electron chi connectivity index (χ4n) is 2.96. The largest absolute Gasteiger partial charge is 0.492 e. The molecule has 0 fully saturated rings. The molecular weight excluding hydrogens is 378 g/mol. The van der Waals surface area contributed by atoms with Gasteiger partial charge in [-0.05, 0) is 63.5 Å². The van der Waals surface area contributed by atoms with Crippen molar-refractivity contribution in [2.24, 2.45) is 0 Å². The molecule has 0 saturated heterocycles. The highest BCUT2D eigenvalue weighted by molar-refractivity contribution is 5.49. The Morgan fingerprint density at radius 3 is 2.50 bits per heavy atom. The number of ether oxygens (including phenoxy) is 1. The van der Waals surface area contributed by atoms with Gasteiger partial charge in [-0.25, -0.2) is 4.98 Å². The maximum absolute atomic E-state index is 12.8. The second-order valence-corrected chi connectivity index (χ2v) is 7.17. The molecule has 3 aromatic rings. The van der Waals surface area contributed by atoms with Gasteiger partial charge in [0.2, 0.25) is 0 Å². The molecule has 0 amide bonds. The highest BCUT2D eigenvalue weighted by Crippen LogP contribution is 2.12. The van der Waals surface area contributed by atoms with Crippen LogP contribution in [0.1, 0.15) is 6.42 Å². The van der Waals surface area contributed by atoms with Gasteiger partial charge in [-0.1, -0.05) is 18.2 Å². The van der Waals surface area contributed by atoms with Crippen LogP contribution in [0.25, 0.3) is 5.69 Å². The van der Waals surface area contributed by atoms with Crippen molar-refractivity contribution in [3.05, 3.63) is 77.3 Å². The van der Waals surface area contributed by atoms with Crippen molar-refractivity contribution in [1.82, 2.24) is 14.5 Å².